The maximum atomic E-state index is 12.1. The third kappa shape index (κ3) is 2.51. The molecular weight excluding hydrogens is 230 g/mol. The molecule has 18 heavy (non-hydrogen) atoms. The number of anilines is 2. The molecule has 1 aromatic heterocycles. The highest BCUT2D eigenvalue weighted by atomic mass is 16.5. The van der Waals surface area contributed by atoms with Gasteiger partial charge in [-0.2, -0.15) is 0 Å². The summed E-state index contributed by atoms with van der Waals surface area (Å²) in [7, 11) is 1.78. The molecule has 2 aromatic rings. The molecule has 2 N–H and O–H groups in total. The van der Waals surface area contributed by atoms with Gasteiger partial charge in [0.25, 0.3) is 5.91 Å². The Labute approximate surface area is 105 Å². The first-order chi connectivity index (χ1) is 8.60. The average Bonchev–Trinajstić information content (AvgIpc) is 2.74. The van der Waals surface area contributed by atoms with Crippen LogP contribution < -0.4 is 10.6 Å². The number of nitrogens with one attached hydrogen (secondary N) is 2. The van der Waals surface area contributed by atoms with Crippen LogP contribution in [0.3, 0.4) is 0 Å². The van der Waals surface area contributed by atoms with Crippen LogP contribution in [0, 0.1) is 13.8 Å². The fourth-order valence-electron chi connectivity index (χ4n) is 1.67. The van der Waals surface area contributed by atoms with Gasteiger partial charge in [-0.15, -0.1) is 0 Å². The van der Waals surface area contributed by atoms with Gasteiger partial charge in [0.05, 0.1) is 11.3 Å². The number of rotatable bonds is 3. The van der Waals surface area contributed by atoms with E-state index in [9.17, 15) is 4.79 Å². The van der Waals surface area contributed by atoms with Crippen LogP contribution in [0.5, 0.6) is 0 Å². The minimum absolute atomic E-state index is 0.223. The van der Waals surface area contributed by atoms with Crippen molar-refractivity contribution in [3.63, 3.8) is 0 Å². The number of hydrogen-bond acceptors (Lipinski definition) is 4. The van der Waals surface area contributed by atoms with Gasteiger partial charge in [0.1, 0.15) is 0 Å². The molecule has 2 rings (SSSR count). The van der Waals surface area contributed by atoms with Crippen LogP contribution >= 0.6 is 0 Å². The monoisotopic (exact) mass is 245 g/mol. The minimum atomic E-state index is -0.223. The van der Waals surface area contributed by atoms with E-state index in [-0.39, 0.29) is 5.91 Å². The molecule has 0 saturated carbocycles. The van der Waals surface area contributed by atoms with Crippen LogP contribution in [0.25, 0.3) is 0 Å². The fraction of sp³-hybridized carbons (Fsp3) is 0.231. The van der Waals surface area contributed by atoms with E-state index >= 15 is 0 Å². The average molecular weight is 245 g/mol. The second kappa shape index (κ2) is 4.91. The second-order valence-corrected chi connectivity index (χ2v) is 4.09. The molecule has 1 heterocycles. The predicted molar refractivity (Wildman–Crippen MR) is 69.9 cm³/mol. The molecule has 0 unspecified atom stereocenters. The number of amides is 1. The molecule has 1 aromatic carbocycles. The highest BCUT2D eigenvalue weighted by Crippen LogP contribution is 2.19. The summed E-state index contributed by atoms with van der Waals surface area (Å²) in [6.45, 7) is 3.74. The van der Waals surface area contributed by atoms with Gasteiger partial charge in [-0.25, -0.2) is 0 Å². The number of aromatic nitrogens is 1. The molecule has 0 spiro atoms. The van der Waals surface area contributed by atoms with E-state index in [1.807, 2.05) is 25.1 Å². The van der Waals surface area contributed by atoms with Crippen LogP contribution in [-0.4, -0.2) is 18.1 Å². The van der Waals surface area contributed by atoms with Crippen LogP contribution in [0.4, 0.5) is 11.6 Å². The van der Waals surface area contributed by atoms with Gasteiger partial charge in [-0.1, -0.05) is 16.8 Å². The Morgan fingerprint density at radius 3 is 2.67 bits per heavy atom. The number of carbonyl (C=O) groups excluding carboxylic acids is 1. The topological polar surface area (TPSA) is 67.2 Å². The van der Waals surface area contributed by atoms with E-state index in [2.05, 4.69) is 15.8 Å². The number of hydrogen-bond donors (Lipinski definition) is 2. The Bertz CT molecular complexity index is 575. The SMILES string of the molecule is CNc1ccc(C)cc1C(=O)Nc1cc(C)no1. The van der Waals surface area contributed by atoms with E-state index in [1.165, 1.54) is 0 Å². The summed E-state index contributed by atoms with van der Waals surface area (Å²) < 4.78 is 4.96. The molecule has 0 aliphatic heterocycles. The molecule has 0 radical (unpaired) electrons. The zero-order valence-electron chi connectivity index (χ0n) is 10.6. The molecule has 0 aliphatic rings. The van der Waals surface area contributed by atoms with E-state index < -0.39 is 0 Å². The highest BCUT2D eigenvalue weighted by molar-refractivity contribution is 6.07. The van der Waals surface area contributed by atoms with Gasteiger partial charge < -0.3 is 9.84 Å². The number of nitrogens with zero attached hydrogens (tertiary/aromatic N) is 1. The quantitative estimate of drug-likeness (QED) is 0.872. The zero-order chi connectivity index (χ0) is 13.1. The number of carbonyl (C=O) groups is 1. The number of aryl methyl sites for hydroxylation is 2. The maximum Gasteiger partial charge on any atom is 0.260 e. The third-order valence-electron chi connectivity index (χ3n) is 2.55. The molecule has 0 aliphatic carbocycles. The van der Waals surface area contributed by atoms with Crippen molar-refractivity contribution in [2.75, 3.05) is 17.7 Å². The first-order valence-electron chi connectivity index (χ1n) is 5.63. The van der Waals surface area contributed by atoms with Crippen molar-refractivity contribution in [3.05, 3.63) is 41.1 Å². The van der Waals surface area contributed by atoms with Crippen LogP contribution in [0.15, 0.2) is 28.8 Å². The van der Waals surface area contributed by atoms with E-state index in [0.717, 1.165) is 16.9 Å². The Kier molecular flexibility index (Phi) is 3.32. The molecule has 0 atom stereocenters. The van der Waals surface area contributed by atoms with Gasteiger partial charge in [-0.3, -0.25) is 10.1 Å². The second-order valence-electron chi connectivity index (χ2n) is 4.09. The van der Waals surface area contributed by atoms with Gasteiger partial charge in [0.2, 0.25) is 5.88 Å². The Morgan fingerprint density at radius 1 is 1.28 bits per heavy atom. The summed E-state index contributed by atoms with van der Waals surface area (Å²) in [6, 6.07) is 7.31. The lowest BCUT2D eigenvalue weighted by atomic mass is 10.1. The van der Waals surface area contributed by atoms with Crippen LogP contribution in [0.2, 0.25) is 0 Å². The van der Waals surface area contributed by atoms with Crippen molar-refractivity contribution in [1.29, 1.82) is 0 Å². The van der Waals surface area contributed by atoms with Crippen molar-refractivity contribution in [2.45, 2.75) is 13.8 Å². The van der Waals surface area contributed by atoms with E-state index in [4.69, 9.17) is 4.52 Å². The molecule has 0 fully saturated rings. The van der Waals surface area contributed by atoms with Crippen molar-refractivity contribution in [3.8, 4) is 0 Å². The van der Waals surface area contributed by atoms with Crippen molar-refractivity contribution in [1.82, 2.24) is 5.16 Å². The molecule has 94 valence electrons. The van der Waals surface area contributed by atoms with Gasteiger partial charge in [-0.05, 0) is 26.0 Å². The molecular formula is C13H15N3O2. The smallest absolute Gasteiger partial charge is 0.260 e. The fourth-order valence-corrected chi connectivity index (χ4v) is 1.67. The van der Waals surface area contributed by atoms with E-state index in [1.54, 1.807) is 20.0 Å². The van der Waals surface area contributed by atoms with Crippen molar-refractivity contribution in [2.24, 2.45) is 0 Å². The van der Waals surface area contributed by atoms with E-state index in [0.29, 0.717) is 11.4 Å². The Hall–Kier alpha value is -2.30. The standard InChI is InChI=1S/C13H15N3O2/c1-8-4-5-11(14-3)10(6-8)13(17)15-12-7-9(2)16-18-12/h4-7,14H,1-3H3,(H,15,17). The molecule has 5 nitrogen and oxygen atoms in total. The summed E-state index contributed by atoms with van der Waals surface area (Å²) in [5.41, 5.74) is 3.09. The van der Waals surface area contributed by atoms with Gasteiger partial charge in [0.15, 0.2) is 0 Å². The summed E-state index contributed by atoms with van der Waals surface area (Å²) in [5.74, 6) is 0.125. The molecule has 0 saturated heterocycles. The van der Waals surface area contributed by atoms with Gasteiger partial charge in [0, 0.05) is 18.8 Å². The lowest BCUT2D eigenvalue weighted by Crippen LogP contribution is -2.13. The maximum absolute atomic E-state index is 12.1. The first-order valence-corrected chi connectivity index (χ1v) is 5.63. The lowest BCUT2D eigenvalue weighted by Gasteiger charge is -2.09. The molecule has 1 amide bonds. The Balaban J connectivity index is 2.25. The van der Waals surface area contributed by atoms with Crippen molar-refractivity contribution < 1.29 is 9.32 Å². The normalized spacial score (nSPS) is 10.2. The van der Waals surface area contributed by atoms with Crippen molar-refractivity contribution >= 4 is 17.5 Å². The zero-order valence-corrected chi connectivity index (χ0v) is 10.6. The number of benzene rings is 1. The third-order valence-corrected chi connectivity index (χ3v) is 2.55. The van der Waals surface area contributed by atoms with Crippen LogP contribution in [0.1, 0.15) is 21.6 Å². The predicted octanol–water partition coefficient (Wildman–Crippen LogP) is 2.59. The Morgan fingerprint density at radius 2 is 2.06 bits per heavy atom. The van der Waals surface area contributed by atoms with Gasteiger partial charge >= 0.3 is 0 Å². The summed E-state index contributed by atoms with van der Waals surface area (Å²) >= 11 is 0. The first kappa shape index (κ1) is 12.2. The summed E-state index contributed by atoms with van der Waals surface area (Å²) in [6.07, 6.45) is 0. The summed E-state index contributed by atoms with van der Waals surface area (Å²) in [4.78, 5) is 12.1. The largest absolute Gasteiger partial charge is 0.387 e. The minimum Gasteiger partial charge on any atom is -0.387 e. The lowest BCUT2D eigenvalue weighted by molar-refractivity contribution is 0.102. The van der Waals surface area contributed by atoms with Crippen LogP contribution in [-0.2, 0) is 0 Å². The highest BCUT2D eigenvalue weighted by Gasteiger charge is 2.13. The summed E-state index contributed by atoms with van der Waals surface area (Å²) in [5, 5.41) is 9.38. The molecule has 0 bridgehead atoms. The molecule has 5 heteroatoms.